The van der Waals surface area contributed by atoms with Gasteiger partial charge in [0.2, 0.25) is 5.89 Å². The molecule has 36 heavy (non-hydrogen) atoms. The Morgan fingerprint density at radius 3 is 2.61 bits per heavy atom. The maximum absolute atomic E-state index is 13.0. The maximum atomic E-state index is 13.0. The zero-order chi connectivity index (χ0) is 23.6. The highest BCUT2D eigenvalue weighted by molar-refractivity contribution is 6.05. The van der Waals surface area contributed by atoms with Gasteiger partial charge in [0.1, 0.15) is 11.2 Å². The molecule has 0 atom stereocenters. The summed E-state index contributed by atoms with van der Waals surface area (Å²) in [4.78, 5) is 24.6. The van der Waals surface area contributed by atoms with Crippen LogP contribution in [-0.4, -0.2) is 47.0 Å². The fraction of sp³-hybridized carbons (Fsp3) is 0.179. The average molecular weight is 500 g/mol. The third-order valence-electron chi connectivity index (χ3n) is 6.31. The van der Waals surface area contributed by atoms with E-state index in [4.69, 9.17) is 9.40 Å². The van der Waals surface area contributed by atoms with Crippen LogP contribution in [0.1, 0.15) is 16.1 Å². The Balaban J connectivity index is 0.00000267. The first-order valence-electron chi connectivity index (χ1n) is 11.8. The Labute approximate surface area is 215 Å². The Morgan fingerprint density at radius 2 is 1.72 bits per heavy atom. The number of rotatable bonds is 5. The van der Waals surface area contributed by atoms with E-state index in [0.29, 0.717) is 17.3 Å². The molecule has 0 saturated carbocycles. The van der Waals surface area contributed by atoms with E-state index in [-0.39, 0.29) is 18.3 Å². The number of halogens is 1. The first-order valence-corrected chi connectivity index (χ1v) is 11.8. The van der Waals surface area contributed by atoms with Gasteiger partial charge in [-0.15, -0.1) is 12.4 Å². The summed E-state index contributed by atoms with van der Waals surface area (Å²) in [5, 5.41) is 7.36. The Morgan fingerprint density at radius 1 is 0.917 bits per heavy atom. The van der Waals surface area contributed by atoms with E-state index in [9.17, 15) is 4.79 Å². The largest absolute Gasteiger partial charge is 0.436 e. The standard InChI is InChI=1S/C28H25N5O2.ClH/c34-27(25-12-10-20-5-1-3-7-22(20)30-25)31-23-8-4-2-6-21(23)28-32-24-11-9-19(17-26(24)35-28)18-33-15-13-29-14-16-33;/h1-12,17,29H,13-16,18H2,(H,31,34);1H. The summed E-state index contributed by atoms with van der Waals surface area (Å²) in [7, 11) is 0. The highest BCUT2D eigenvalue weighted by Crippen LogP contribution is 2.31. The van der Waals surface area contributed by atoms with Crippen LogP contribution in [-0.2, 0) is 6.54 Å². The topological polar surface area (TPSA) is 83.3 Å². The molecule has 1 aliphatic rings. The smallest absolute Gasteiger partial charge is 0.274 e. The number of benzene rings is 3. The molecule has 0 aliphatic carbocycles. The van der Waals surface area contributed by atoms with Gasteiger partial charge in [0.05, 0.1) is 16.8 Å². The third-order valence-corrected chi connectivity index (χ3v) is 6.31. The van der Waals surface area contributed by atoms with Gasteiger partial charge in [-0.25, -0.2) is 9.97 Å². The lowest BCUT2D eigenvalue weighted by atomic mass is 10.1. The number of aromatic nitrogens is 2. The number of carbonyl (C=O) groups excluding carboxylic acids is 1. The quantitative estimate of drug-likeness (QED) is 0.349. The number of nitrogens with one attached hydrogen (secondary N) is 2. The number of anilines is 1. The van der Waals surface area contributed by atoms with Gasteiger partial charge in [-0.3, -0.25) is 9.69 Å². The molecule has 7 nitrogen and oxygen atoms in total. The van der Waals surface area contributed by atoms with Crippen molar-refractivity contribution in [1.82, 2.24) is 20.2 Å². The molecule has 0 spiro atoms. The van der Waals surface area contributed by atoms with Crippen molar-refractivity contribution in [2.75, 3.05) is 31.5 Å². The third kappa shape index (κ3) is 4.95. The summed E-state index contributed by atoms with van der Waals surface area (Å²) in [5.74, 6) is 0.194. The fourth-order valence-electron chi connectivity index (χ4n) is 4.47. The minimum absolute atomic E-state index is 0. The van der Waals surface area contributed by atoms with Crippen molar-refractivity contribution >= 4 is 46.0 Å². The number of para-hydroxylation sites is 2. The molecule has 1 amide bonds. The van der Waals surface area contributed by atoms with Gasteiger partial charge in [0, 0.05) is 38.1 Å². The van der Waals surface area contributed by atoms with Gasteiger partial charge in [-0.05, 0) is 42.0 Å². The van der Waals surface area contributed by atoms with Crippen LogP contribution in [0.5, 0.6) is 0 Å². The van der Waals surface area contributed by atoms with Crippen LogP contribution in [0.3, 0.4) is 0 Å². The highest BCUT2D eigenvalue weighted by Gasteiger charge is 2.17. The van der Waals surface area contributed by atoms with Crippen LogP contribution in [0.15, 0.2) is 83.3 Å². The molecular formula is C28H26ClN5O2. The zero-order valence-corrected chi connectivity index (χ0v) is 20.4. The number of piperazine rings is 1. The second-order valence-electron chi connectivity index (χ2n) is 8.74. The van der Waals surface area contributed by atoms with Crippen molar-refractivity contribution < 1.29 is 9.21 Å². The second kappa shape index (κ2) is 10.5. The SMILES string of the molecule is Cl.O=C(Nc1ccccc1-c1nc2ccc(CN3CCNCC3)cc2o1)c1ccc2ccccc2n1. The molecule has 6 rings (SSSR count). The van der Waals surface area contributed by atoms with Crippen molar-refractivity contribution in [3.63, 3.8) is 0 Å². The first kappa shape index (κ1) is 23.9. The summed E-state index contributed by atoms with van der Waals surface area (Å²) in [6.45, 7) is 5.01. The molecule has 5 aromatic rings. The number of fused-ring (bicyclic) bond motifs is 2. The average Bonchev–Trinajstić information content (AvgIpc) is 3.32. The highest BCUT2D eigenvalue weighted by atomic mass is 35.5. The van der Waals surface area contributed by atoms with Crippen molar-refractivity contribution in [3.8, 4) is 11.5 Å². The molecule has 1 saturated heterocycles. The van der Waals surface area contributed by atoms with Crippen LogP contribution in [0.4, 0.5) is 5.69 Å². The summed E-state index contributed by atoms with van der Waals surface area (Å²) in [5.41, 5.74) is 5.22. The van der Waals surface area contributed by atoms with Gasteiger partial charge in [0.25, 0.3) is 5.91 Å². The zero-order valence-electron chi connectivity index (χ0n) is 19.6. The van der Waals surface area contributed by atoms with Crippen LogP contribution in [0.25, 0.3) is 33.5 Å². The number of oxazole rings is 1. The minimum Gasteiger partial charge on any atom is -0.436 e. The lowest BCUT2D eigenvalue weighted by molar-refractivity contribution is 0.102. The second-order valence-corrected chi connectivity index (χ2v) is 8.74. The van der Waals surface area contributed by atoms with Crippen molar-refractivity contribution in [2.24, 2.45) is 0 Å². The van der Waals surface area contributed by atoms with E-state index >= 15 is 0 Å². The monoisotopic (exact) mass is 499 g/mol. The molecule has 182 valence electrons. The predicted molar refractivity (Wildman–Crippen MR) is 145 cm³/mol. The lowest BCUT2D eigenvalue weighted by Gasteiger charge is -2.27. The number of pyridine rings is 1. The Bertz CT molecular complexity index is 1530. The van der Waals surface area contributed by atoms with Gasteiger partial charge in [0.15, 0.2) is 5.58 Å². The lowest BCUT2D eigenvalue weighted by Crippen LogP contribution is -2.42. The van der Waals surface area contributed by atoms with Crippen molar-refractivity contribution in [3.05, 3.63) is 90.1 Å². The molecule has 1 fully saturated rings. The number of hydrogen-bond acceptors (Lipinski definition) is 6. The molecule has 0 unspecified atom stereocenters. The molecule has 2 N–H and O–H groups in total. The van der Waals surface area contributed by atoms with Crippen molar-refractivity contribution in [2.45, 2.75) is 6.54 Å². The number of carbonyl (C=O) groups is 1. The molecular weight excluding hydrogens is 474 g/mol. The molecule has 3 aromatic carbocycles. The van der Waals surface area contributed by atoms with Gasteiger partial charge in [-0.2, -0.15) is 0 Å². The van der Waals surface area contributed by atoms with Gasteiger partial charge in [-0.1, -0.05) is 42.5 Å². The van der Waals surface area contributed by atoms with Crippen LogP contribution >= 0.6 is 12.4 Å². The van der Waals surface area contributed by atoms with E-state index in [0.717, 1.165) is 60.3 Å². The first-order chi connectivity index (χ1) is 17.2. The van der Waals surface area contributed by atoms with Gasteiger partial charge >= 0.3 is 0 Å². The van der Waals surface area contributed by atoms with E-state index in [1.54, 1.807) is 6.07 Å². The molecule has 0 radical (unpaired) electrons. The Kier molecular flexibility index (Phi) is 6.95. The van der Waals surface area contributed by atoms with Crippen molar-refractivity contribution in [1.29, 1.82) is 0 Å². The molecule has 8 heteroatoms. The number of amides is 1. The summed E-state index contributed by atoms with van der Waals surface area (Å²) >= 11 is 0. The van der Waals surface area contributed by atoms with E-state index in [1.165, 1.54) is 5.56 Å². The summed E-state index contributed by atoms with van der Waals surface area (Å²) in [6, 6.07) is 25.1. The summed E-state index contributed by atoms with van der Waals surface area (Å²) < 4.78 is 6.16. The number of hydrogen-bond donors (Lipinski definition) is 2. The number of nitrogens with zero attached hydrogens (tertiary/aromatic N) is 3. The van der Waals surface area contributed by atoms with E-state index in [2.05, 4.69) is 32.7 Å². The fourth-order valence-corrected chi connectivity index (χ4v) is 4.47. The van der Waals surface area contributed by atoms with Crippen LogP contribution < -0.4 is 10.6 Å². The van der Waals surface area contributed by atoms with Crippen LogP contribution in [0.2, 0.25) is 0 Å². The van der Waals surface area contributed by atoms with Gasteiger partial charge < -0.3 is 15.1 Å². The summed E-state index contributed by atoms with van der Waals surface area (Å²) in [6.07, 6.45) is 0. The minimum atomic E-state index is -0.280. The maximum Gasteiger partial charge on any atom is 0.274 e. The molecule has 0 bridgehead atoms. The predicted octanol–water partition coefficient (Wildman–Crippen LogP) is 5.12. The van der Waals surface area contributed by atoms with E-state index < -0.39 is 0 Å². The normalized spacial score (nSPS) is 14.0. The van der Waals surface area contributed by atoms with E-state index in [1.807, 2.05) is 60.7 Å². The molecule has 1 aliphatic heterocycles. The molecule has 3 heterocycles. The molecule has 2 aromatic heterocycles. The van der Waals surface area contributed by atoms with Crippen LogP contribution in [0, 0.1) is 0 Å². The Hall–Kier alpha value is -3.78.